The molecule has 1 unspecified atom stereocenters. The summed E-state index contributed by atoms with van der Waals surface area (Å²) in [4.78, 5) is 13.7. The van der Waals surface area contributed by atoms with Crippen LogP contribution in [0.5, 0.6) is 0 Å². The van der Waals surface area contributed by atoms with Gasteiger partial charge in [-0.15, -0.1) is 0 Å². The topological polar surface area (TPSA) is 32.3 Å². The van der Waals surface area contributed by atoms with Crippen molar-refractivity contribution in [2.75, 3.05) is 31.1 Å². The van der Waals surface area contributed by atoms with Gasteiger partial charge in [0.15, 0.2) is 5.78 Å². The van der Waals surface area contributed by atoms with Gasteiger partial charge in [-0.25, -0.2) is 0 Å². The average Bonchev–Trinajstić information content (AvgIpc) is 2.88. The molecule has 0 spiro atoms. The zero-order chi connectivity index (χ0) is 13.7. The smallest absolute Gasteiger partial charge is 0.159 e. The second-order valence-corrected chi connectivity index (χ2v) is 5.35. The van der Waals surface area contributed by atoms with Crippen LogP contribution in [-0.4, -0.2) is 32.0 Å². The van der Waals surface area contributed by atoms with E-state index < -0.39 is 0 Å². The summed E-state index contributed by atoms with van der Waals surface area (Å²) in [5.41, 5.74) is 2.04. The Hall–Kier alpha value is -1.35. The van der Waals surface area contributed by atoms with E-state index in [1.165, 1.54) is 18.5 Å². The highest BCUT2D eigenvalue weighted by atomic mass is 16.1. The van der Waals surface area contributed by atoms with Gasteiger partial charge in [0, 0.05) is 24.3 Å². The summed E-state index contributed by atoms with van der Waals surface area (Å²) in [6.07, 6.45) is 2.54. The SMILES string of the molecule is CCNCCC1CCN(c2ccc(C(C)=O)cc2)C1. The van der Waals surface area contributed by atoms with E-state index in [0.29, 0.717) is 0 Å². The van der Waals surface area contributed by atoms with Crippen molar-refractivity contribution in [3.05, 3.63) is 29.8 Å². The molecule has 1 atom stereocenters. The first kappa shape index (κ1) is 14.1. The van der Waals surface area contributed by atoms with E-state index in [1.807, 2.05) is 12.1 Å². The molecule has 1 N–H and O–H groups in total. The Morgan fingerprint density at radius 3 is 2.74 bits per heavy atom. The van der Waals surface area contributed by atoms with Crippen molar-refractivity contribution in [1.82, 2.24) is 5.32 Å². The molecular weight excluding hydrogens is 236 g/mol. The van der Waals surface area contributed by atoms with Gasteiger partial charge in [-0.1, -0.05) is 6.92 Å². The molecule has 1 aliphatic heterocycles. The first-order valence-electron chi connectivity index (χ1n) is 7.27. The molecule has 0 amide bonds. The highest BCUT2D eigenvalue weighted by Gasteiger charge is 2.22. The van der Waals surface area contributed by atoms with Gasteiger partial charge in [-0.2, -0.15) is 0 Å². The molecule has 0 radical (unpaired) electrons. The molecule has 0 aliphatic carbocycles. The molecule has 1 aliphatic rings. The number of Topliss-reactive ketones (excluding diaryl/α,β-unsaturated/α-hetero) is 1. The molecule has 0 bridgehead atoms. The van der Waals surface area contributed by atoms with Crippen molar-refractivity contribution in [2.45, 2.75) is 26.7 Å². The summed E-state index contributed by atoms with van der Waals surface area (Å²) in [7, 11) is 0. The Bertz CT molecular complexity index is 413. The van der Waals surface area contributed by atoms with Crippen LogP contribution in [0.3, 0.4) is 0 Å². The standard InChI is InChI=1S/C16H24N2O/c1-3-17-10-8-14-9-11-18(12-14)16-6-4-15(5-7-16)13(2)19/h4-7,14,17H,3,8-12H2,1-2H3. The van der Waals surface area contributed by atoms with Crippen molar-refractivity contribution < 1.29 is 4.79 Å². The van der Waals surface area contributed by atoms with Crippen molar-refractivity contribution in [3.63, 3.8) is 0 Å². The van der Waals surface area contributed by atoms with Gasteiger partial charge >= 0.3 is 0 Å². The van der Waals surface area contributed by atoms with Gasteiger partial charge < -0.3 is 10.2 Å². The second-order valence-electron chi connectivity index (χ2n) is 5.35. The van der Waals surface area contributed by atoms with Crippen molar-refractivity contribution in [2.24, 2.45) is 5.92 Å². The molecule has 1 aromatic carbocycles. The highest BCUT2D eigenvalue weighted by Crippen LogP contribution is 2.25. The fourth-order valence-corrected chi connectivity index (χ4v) is 2.69. The Morgan fingerprint density at radius 2 is 2.11 bits per heavy atom. The number of rotatable bonds is 6. The van der Waals surface area contributed by atoms with Crippen molar-refractivity contribution >= 4 is 11.5 Å². The van der Waals surface area contributed by atoms with Gasteiger partial charge in [0.25, 0.3) is 0 Å². The van der Waals surface area contributed by atoms with Gasteiger partial charge in [-0.05, 0) is 63.0 Å². The van der Waals surface area contributed by atoms with E-state index in [9.17, 15) is 4.79 Å². The van der Waals surface area contributed by atoms with Crippen LogP contribution in [0, 0.1) is 5.92 Å². The first-order valence-corrected chi connectivity index (χ1v) is 7.27. The molecule has 3 nitrogen and oxygen atoms in total. The maximum atomic E-state index is 11.3. The molecular formula is C16H24N2O. The minimum Gasteiger partial charge on any atom is -0.371 e. The zero-order valence-electron chi connectivity index (χ0n) is 12.0. The van der Waals surface area contributed by atoms with E-state index >= 15 is 0 Å². The maximum absolute atomic E-state index is 11.3. The lowest BCUT2D eigenvalue weighted by molar-refractivity contribution is 0.101. The van der Waals surface area contributed by atoms with Crippen molar-refractivity contribution in [1.29, 1.82) is 0 Å². The molecule has 104 valence electrons. The van der Waals surface area contributed by atoms with Crippen LogP contribution in [0.1, 0.15) is 37.0 Å². The molecule has 0 saturated carbocycles. The third-order valence-electron chi connectivity index (χ3n) is 3.90. The number of ketones is 1. The van der Waals surface area contributed by atoms with Crippen molar-refractivity contribution in [3.8, 4) is 0 Å². The van der Waals surface area contributed by atoms with Gasteiger partial charge in [-0.3, -0.25) is 4.79 Å². The van der Waals surface area contributed by atoms with Crippen LogP contribution in [0.2, 0.25) is 0 Å². The number of hydrogen-bond donors (Lipinski definition) is 1. The fourth-order valence-electron chi connectivity index (χ4n) is 2.69. The van der Waals surface area contributed by atoms with Crippen LogP contribution in [0.25, 0.3) is 0 Å². The van der Waals surface area contributed by atoms with E-state index in [0.717, 1.165) is 37.7 Å². The average molecular weight is 260 g/mol. The minimum absolute atomic E-state index is 0.136. The Labute approximate surface area is 116 Å². The third kappa shape index (κ3) is 3.80. The van der Waals surface area contributed by atoms with Gasteiger partial charge in [0.05, 0.1) is 0 Å². The lowest BCUT2D eigenvalue weighted by atomic mass is 10.1. The molecule has 1 fully saturated rings. The minimum atomic E-state index is 0.136. The Kier molecular flexibility index (Phi) is 4.97. The summed E-state index contributed by atoms with van der Waals surface area (Å²) in [5.74, 6) is 0.933. The summed E-state index contributed by atoms with van der Waals surface area (Å²) in [6.45, 7) is 8.22. The van der Waals surface area contributed by atoms with Crippen LogP contribution in [0.4, 0.5) is 5.69 Å². The number of anilines is 1. The molecule has 19 heavy (non-hydrogen) atoms. The lowest BCUT2D eigenvalue weighted by Crippen LogP contribution is -2.22. The molecule has 1 aromatic rings. The van der Waals surface area contributed by atoms with E-state index in [1.54, 1.807) is 6.92 Å². The summed E-state index contributed by atoms with van der Waals surface area (Å²) >= 11 is 0. The fraction of sp³-hybridized carbons (Fsp3) is 0.562. The van der Waals surface area contributed by atoms with E-state index in [4.69, 9.17) is 0 Å². The molecule has 1 saturated heterocycles. The zero-order valence-corrected chi connectivity index (χ0v) is 12.0. The monoisotopic (exact) mass is 260 g/mol. The second kappa shape index (κ2) is 6.71. The number of hydrogen-bond acceptors (Lipinski definition) is 3. The molecule has 1 heterocycles. The molecule has 2 rings (SSSR count). The Balaban J connectivity index is 1.88. The quantitative estimate of drug-likeness (QED) is 0.630. The maximum Gasteiger partial charge on any atom is 0.159 e. The van der Waals surface area contributed by atoms with E-state index in [2.05, 4.69) is 29.3 Å². The summed E-state index contributed by atoms with van der Waals surface area (Å²) < 4.78 is 0. The number of carbonyl (C=O) groups is 1. The van der Waals surface area contributed by atoms with E-state index in [-0.39, 0.29) is 5.78 Å². The number of carbonyl (C=O) groups excluding carboxylic acids is 1. The summed E-state index contributed by atoms with van der Waals surface area (Å²) in [6, 6.07) is 8.01. The molecule has 3 heteroatoms. The predicted molar refractivity (Wildman–Crippen MR) is 79.9 cm³/mol. The van der Waals surface area contributed by atoms with Gasteiger partial charge in [0.1, 0.15) is 0 Å². The van der Waals surface area contributed by atoms with Crippen LogP contribution >= 0.6 is 0 Å². The number of nitrogens with one attached hydrogen (secondary N) is 1. The summed E-state index contributed by atoms with van der Waals surface area (Å²) in [5, 5.41) is 3.39. The predicted octanol–water partition coefficient (Wildman–Crippen LogP) is 2.72. The number of benzene rings is 1. The Morgan fingerprint density at radius 1 is 1.37 bits per heavy atom. The van der Waals surface area contributed by atoms with Gasteiger partial charge in [0.2, 0.25) is 0 Å². The number of nitrogens with zero attached hydrogens (tertiary/aromatic N) is 1. The van der Waals surface area contributed by atoms with Crippen LogP contribution < -0.4 is 10.2 Å². The first-order chi connectivity index (χ1) is 9.20. The molecule has 0 aromatic heterocycles. The highest BCUT2D eigenvalue weighted by molar-refractivity contribution is 5.94. The van der Waals surface area contributed by atoms with Crippen LogP contribution in [-0.2, 0) is 0 Å². The largest absolute Gasteiger partial charge is 0.371 e. The third-order valence-corrected chi connectivity index (χ3v) is 3.90. The lowest BCUT2D eigenvalue weighted by Gasteiger charge is -2.19. The van der Waals surface area contributed by atoms with Crippen LogP contribution in [0.15, 0.2) is 24.3 Å². The normalized spacial score (nSPS) is 18.8.